The Labute approximate surface area is 160 Å². The van der Waals surface area contributed by atoms with Crippen LogP contribution in [0, 0.1) is 0 Å². The number of amides is 1. The number of nitrogen functional groups attached to an aromatic ring is 1. The quantitative estimate of drug-likeness (QED) is 0.764. The fraction of sp³-hybridized carbons (Fsp3) is 0.333. The molecule has 0 atom stereocenters. The summed E-state index contributed by atoms with van der Waals surface area (Å²) in [5, 5.41) is 2.91. The summed E-state index contributed by atoms with van der Waals surface area (Å²) in [6.07, 6.45) is 5.70. The highest BCUT2D eigenvalue weighted by molar-refractivity contribution is 5.91. The average Bonchev–Trinajstić information content (AvgIpc) is 2.69. The number of likely N-dealkylation sites (N-methyl/N-ethyl adjacent to an activating group) is 1. The van der Waals surface area contributed by atoms with Gasteiger partial charge in [-0.3, -0.25) is 4.79 Å². The topological polar surface area (TPSA) is 74.5 Å². The molecule has 6 nitrogen and oxygen atoms in total. The first-order valence-corrected chi connectivity index (χ1v) is 9.30. The monoisotopic (exact) mass is 365 g/mol. The minimum Gasteiger partial charge on any atom is -0.384 e. The Morgan fingerprint density at radius 1 is 1.15 bits per heavy atom. The van der Waals surface area contributed by atoms with Crippen molar-refractivity contribution in [1.82, 2.24) is 15.2 Å². The van der Waals surface area contributed by atoms with Gasteiger partial charge < -0.3 is 20.9 Å². The summed E-state index contributed by atoms with van der Waals surface area (Å²) in [7, 11) is 2.16. The number of pyridine rings is 1. The number of hydrogen-bond donors (Lipinski definition) is 2. The van der Waals surface area contributed by atoms with E-state index in [0.29, 0.717) is 12.4 Å². The first-order chi connectivity index (χ1) is 13.1. The largest absolute Gasteiger partial charge is 0.384 e. The molecule has 0 bridgehead atoms. The van der Waals surface area contributed by atoms with Crippen LogP contribution >= 0.6 is 0 Å². The first-order valence-electron chi connectivity index (χ1n) is 9.30. The second-order valence-electron chi connectivity index (χ2n) is 6.85. The van der Waals surface area contributed by atoms with Gasteiger partial charge in [-0.2, -0.15) is 0 Å². The third-order valence-electron chi connectivity index (χ3n) is 4.75. The Morgan fingerprint density at radius 3 is 2.56 bits per heavy atom. The maximum Gasteiger partial charge on any atom is 0.244 e. The highest BCUT2D eigenvalue weighted by atomic mass is 16.1. The summed E-state index contributed by atoms with van der Waals surface area (Å²) in [6.45, 7) is 4.96. The molecular weight excluding hydrogens is 338 g/mol. The summed E-state index contributed by atoms with van der Waals surface area (Å²) in [5.41, 5.74) is 8.88. The number of piperazine rings is 1. The molecule has 1 fully saturated rings. The van der Waals surface area contributed by atoms with E-state index < -0.39 is 0 Å². The fourth-order valence-electron chi connectivity index (χ4n) is 3.01. The molecule has 0 radical (unpaired) electrons. The average molecular weight is 365 g/mol. The van der Waals surface area contributed by atoms with E-state index in [0.717, 1.165) is 38.2 Å². The Balaban J connectivity index is 1.42. The van der Waals surface area contributed by atoms with Crippen molar-refractivity contribution in [3.63, 3.8) is 0 Å². The van der Waals surface area contributed by atoms with E-state index in [4.69, 9.17) is 5.73 Å². The second-order valence-corrected chi connectivity index (χ2v) is 6.85. The third kappa shape index (κ3) is 5.82. The number of anilines is 2. The van der Waals surface area contributed by atoms with Gasteiger partial charge in [-0.15, -0.1) is 0 Å². The van der Waals surface area contributed by atoms with Gasteiger partial charge in [-0.1, -0.05) is 12.1 Å². The molecule has 1 amide bonds. The zero-order valence-electron chi connectivity index (χ0n) is 15.8. The molecule has 2 aromatic rings. The van der Waals surface area contributed by atoms with Crippen molar-refractivity contribution in [1.29, 1.82) is 0 Å². The zero-order chi connectivity index (χ0) is 19.1. The van der Waals surface area contributed by atoms with Gasteiger partial charge in [0.1, 0.15) is 5.82 Å². The molecule has 1 saturated heterocycles. The Hall–Kier alpha value is -2.86. The van der Waals surface area contributed by atoms with E-state index in [1.807, 2.05) is 6.07 Å². The Bertz CT molecular complexity index is 762. The van der Waals surface area contributed by atoms with Crippen molar-refractivity contribution in [2.45, 2.75) is 6.42 Å². The van der Waals surface area contributed by atoms with Crippen LogP contribution < -0.4 is 16.0 Å². The highest BCUT2D eigenvalue weighted by Crippen LogP contribution is 2.17. The molecule has 142 valence electrons. The molecule has 3 rings (SSSR count). The van der Waals surface area contributed by atoms with Crippen molar-refractivity contribution in [2.75, 3.05) is 50.4 Å². The van der Waals surface area contributed by atoms with E-state index in [9.17, 15) is 4.79 Å². The van der Waals surface area contributed by atoms with Crippen LogP contribution in [0.25, 0.3) is 6.08 Å². The molecule has 0 aliphatic carbocycles. The van der Waals surface area contributed by atoms with Gasteiger partial charge in [0.2, 0.25) is 5.91 Å². The Kier molecular flexibility index (Phi) is 6.44. The lowest BCUT2D eigenvalue weighted by molar-refractivity contribution is -0.116. The van der Waals surface area contributed by atoms with Gasteiger partial charge in [0.25, 0.3) is 0 Å². The fourth-order valence-corrected chi connectivity index (χ4v) is 3.01. The lowest BCUT2D eigenvalue weighted by Gasteiger charge is -2.34. The maximum absolute atomic E-state index is 11.9. The molecule has 1 aliphatic rings. The first kappa shape index (κ1) is 18.9. The zero-order valence-corrected chi connectivity index (χ0v) is 15.8. The summed E-state index contributed by atoms with van der Waals surface area (Å²) in [5.74, 6) is 0.358. The summed E-state index contributed by atoms with van der Waals surface area (Å²) in [6, 6.07) is 12.2. The van der Waals surface area contributed by atoms with Gasteiger partial charge >= 0.3 is 0 Å². The smallest absolute Gasteiger partial charge is 0.244 e. The summed E-state index contributed by atoms with van der Waals surface area (Å²) >= 11 is 0. The van der Waals surface area contributed by atoms with Crippen LogP contribution in [0.5, 0.6) is 0 Å². The standard InChI is InChI=1S/C21H27N5O/c1-25-12-14-26(15-13-25)19-6-2-17(3-7-19)10-11-23-21(27)9-5-18-4-8-20(22)24-16-18/h2-9,16H,10-15H2,1H3,(H2,22,24)(H,23,27)/b9-5+. The number of carbonyl (C=O) groups excluding carboxylic acids is 1. The van der Waals surface area contributed by atoms with Crippen molar-refractivity contribution < 1.29 is 4.79 Å². The summed E-state index contributed by atoms with van der Waals surface area (Å²) in [4.78, 5) is 20.7. The number of nitrogens with two attached hydrogens (primary N) is 1. The maximum atomic E-state index is 11.9. The van der Waals surface area contributed by atoms with E-state index in [2.05, 4.69) is 51.4 Å². The van der Waals surface area contributed by atoms with Gasteiger partial charge in [0, 0.05) is 50.7 Å². The van der Waals surface area contributed by atoms with Crippen LogP contribution in [0.15, 0.2) is 48.7 Å². The molecule has 2 heterocycles. The highest BCUT2D eigenvalue weighted by Gasteiger charge is 2.13. The number of benzene rings is 1. The van der Waals surface area contributed by atoms with Gasteiger partial charge in [-0.25, -0.2) is 4.98 Å². The lowest BCUT2D eigenvalue weighted by atomic mass is 10.1. The number of nitrogens with zero attached hydrogens (tertiary/aromatic N) is 3. The SMILES string of the molecule is CN1CCN(c2ccc(CCNC(=O)/C=C/c3ccc(N)nc3)cc2)CC1. The van der Waals surface area contributed by atoms with Crippen LogP contribution in [0.3, 0.4) is 0 Å². The molecule has 0 saturated carbocycles. The predicted octanol–water partition coefficient (Wildman–Crippen LogP) is 1.79. The molecule has 0 unspecified atom stereocenters. The number of hydrogen-bond acceptors (Lipinski definition) is 5. The molecule has 1 aromatic carbocycles. The molecular formula is C21H27N5O. The molecule has 27 heavy (non-hydrogen) atoms. The van der Waals surface area contributed by atoms with E-state index in [1.165, 1.54) is 17.3 Å². The van der Waals surface area contributed by atoms with Crippen molar-refractivity contribution in [2.24, 2.45) is 0 Å². The molecule has 1 aliphatic heterocycles. The lowest BCUT2D eigenvalue weighted by Crippen LogP contribution is -2.44. The van der Waals surface area contributed by atoms with E-state index in [-0.39, 0.29) is 5.91 Å². The van der Waals surface area contributed by atoms with Crippen molar-refractivity contribution >= 4 is 23.5 Å². The van der Waals surface area contributed by atoms with Crippen LogP contribution in [-0.2, 0) is 11.2 Å². The van der Waals surface area contributed by atoms with Gasteiger partial charge in [0.05, 0.1) is 0 Å². The molecule has 6 heteroatoms. The van der Waals surface area contributed by atoms with E-state index in [1.54, 1.807) is 18.3 Å². The van der Waals surface area contributed by atoms with Gasteiger partial charge in [-0.05, 0) is 54.9 Å². The van der Waals surface area contributed by atoms with E-state index >= 15 is 0 Å². The predicted molar refractivity (Wildman–Crippen MR) is 111 cm³/mol. The van der Waals surface area contributed by atoms with Crippen LogP contribution in [0.4, 0.5) is 11.5 Å². The van der Waals surface area contributed by atoms with Crippen LogP contribution in [-0.4, -0.2) is 55.6 Å². The Morgan fingerprint density at radius 2 is 1.89 bits per heavy atom. The molecule has 1 aromatic heterocycles. The minimum atomic E-state index is -0.110. The number of aromatic nitrogens is 1. The van der Waals surface area contributed by atoms with Crippen molar-refractivity contribution in [3.05, 3.63) is 59.8 Å². The van der Waals surface area contributed by atoms with Crippen molar-refractivity contribution in [3.8, 4) is 0 Å². The third-order valence-corrected chi connectivity index (χ3v) is 4.75. The molecule has 0 spiro atoms. The number of nitrogens with one attached hydrogen (secondary N) is 1. The second kappa shape index (κ2) is 9.19. The van der Waals surface area contributed by atoms with Crippen LogP contribution in [0.1, 0.15) is 11.1 Å². The number of carbonyl (C=O) groups is 1. The normalized spacial score (nSPS) is 15.2. The summed E-state index contributed by atoms with van der Waals surface area (Å²) < 4.78 is 0. The molecule has 3 N–H and O–H groups in total. The minimum absolute atomic E-state index is 0.110. The van der Waals surface area contributed by atoms with Gasteiger partial charge in [0.15, 0.2) is 0 Å². The van der Waals surface area contributed by atoms with Crippen LogP contribution in [0.2, 0.25) is 0 Å². The number of rotatable bonds is 6.